The van der Waals surface area contributed by atoms with Gasteiger partial charge in [0.2, 0.25) is 0 Å². The van der Waals surface area contributed by atoms with Crippen LogP contribution in [0.4, 0.5) is 0 Å². The van der Waals surface area contributed by atoms with Crippen LogP contribution in [0.5, 0.6) is 5.75 Å². The van der Waals surface area contributed by atoms with E-state index in [-0.39, 0.29) is 6.04 Å². The molecule has 3 nitrogen and oxygen atoms in total. The number of ether oxygens (including phenoxy) is 1. The van der Waals surface area contributed by atoms with Gasteiger partial charge >= 0.3 is 0 Å². The van der Waals surface area contributed by atoms with Crippen molar-refractivity contribution in [1.29, 1.82) is 0 Å². The second kappa shape index (κ2) is 5.70. The summed E-state index contributed by atoms with van der Waals surface area (Å²) in [4.78, 5) is 0. The van der Waals surface area contributed by atoms with Crippen LogP contribution in [0, 0.1) is 0 Å². The van der Waals surface area contributed by atoms with Crippen molar-refractivity contribution >= 4 is 23.0 Å². The Bertz CT molecular complexity index is 798. The molecule has 0 aromatic heterocycles. The first-order valence-electron chi connectivity index (χ1n) is 7.79. The molecular weight excluding hydrogens is 304 g/mol. The predicted molar refractivity (Wildman–Crippen MR) is 96.3 cm³/mol. The molecule has 1 atom stereocenters. The van der Waals surface area contributed by atoms with Crippen molar-refractivity contribution in [3.8, 4) is 5.75 Å². The summed E-state index contributed by atoms with van der Waals surface area (Å²) in [7, 11) is 1.70. The molecule has 116 valence electrons. The number of aryl methyl sites for hydroxylation is 1. The van der Waals surface area contributed by atoms with Gasteiger partial charge in [0.25, 0.3) is 0 Å². The van der Waals surface area contributed by atoms with Crippen LogP contribution in [0.3, 0.4) is 0 Å². The number of hydrogen-bond acceptors (Lipinski definition) is 2. The maximum absolute atomic E-state index is 5.45. The van der Waals surface area contributed by atoms with Crippen LogP contribution in [0.15, 0.2) is 54.1 Å². The van der Waals surface area contributed by atoms with Crippen LogP contribution >= 0.6 is 12.2 Å². The SMILES string of the molecule is COc1ccc2c(c1)C1=C(CC2)[C@H](c2ccccc2)NC(=S)N1. The lowest BCUT2D eigenvalue weighted by molar-refractivity contribution is 0.414. The second-order valence-corrected chi connectivity index (χ2v) is 6.27. The Morgan fingerprint density at radius 2 is 1.91 bits per heavy atom. The number of benzene rings is 2. The molecular formula is C19H18N2OS. The van der Waals surface area contributed by atoms with Gasteiger partial charge in [-0.3, -0.25) is 0 Å². The van der Waals surface area contributed by atoms with Crippen molar-refractivity contribution < 1.29 is 4.74 Å². The highest BCUT2D eigenvalue weighted by atomic mass is 32.1. The molecule has 1 heterocycles. The summed E-state index contributed by atoms with van der Waals surface area (Å²) < 4.78 is 5.40. The summed E-state index contributed by atoms with van der Waals surface area (Å²) in [6.07, 6.45) is 2.06. The van der Waals surface area contributed by atoms with E-state index in [9.17, 15) is 0 Å². The Morgan fingerprint density at radius 1 is 1.09 bits per heavy atom. The maximum atomic E-state index is 5.45. The van der Waals surface area contributed by atoms with Crippen LogP contribution in [0.25, 0.3) is 5.70 Å². The van der Waals surface area contributed by atoms with E-state index in [0.717, 1.165) is 24.3 Å². The molecule has 2 aromatic rings. The fourth-order valence-electron chi connectivity index (χ4n) is 3.43. The van der Waals surface area contributed by atoms with Crippen LogP contribution in [-0.4, -0.2) is 12.2 Å². The van der Waals surface area contributed by atoms with Gasteiger partial charge < -0.3 is 15.4 Å². The molecule has 0 saturated heterocycles. The third-order valence-electron chi connectivity index (χ3n) is 4.57. The minimum Gasteiger partial charge on any atom is -0.497 e. The lowest BCUT2D eigenvalue weighted by Gasteiger charge is -2.35. The monoisotopic (exact) mass is 322 g/mol. The smallest absolute Gasteiger partial charge is 0.171 e. The molecule has 2 aromatic carbocycles. The van der Waals surface area contributed by atoms with Crippen LogP contribution in [0.2, 0.25) is 0 Å². The third kappa shape index (κ3) is 2.49. The summed E-state index contributed by atoms with van der Waals surface area (Å²) in [5.41, 5.74) is 6.30. The van der Waals surface area contributed by atoms with Gasteiger partial charge in [-0.1, -0.05) is 36.4 Å². The number of methoxy groups -OCH3 is 1. The molecule has 0 bridgehead atoms. The van der Waals surface area contributed by atoms with E-state index >= 15 is 0 Å². The van der Waals surface area contributed by atoms with Gasteiger partial charge in [0.05, 0.1) is 13.2 Å². The van der Waals surface area contributed by atoms with Crippen molar-refractivity contribution in [1.82, 2.24) is 10.6 Å². The molecule has 2 N–H and O–H groups in total. The fourth-order valence-corrected chi connectivity index (χ4v) is 3.65. The fraction of sp³-hybridized carbons (Fsp3) is 0.211. The van der Waals surface area contributed by atoms with E-state index in [4.69, 9.17) is 17.0 Å². The number of nitrogens with one attached hydrogen (secondary N) is 2. The topological polar surface area (TPSA) is 33.3 Å². The molecule has 0 unspecified atom stereocenters. The van der Waals surface area contributed by atoms with Crippen molar-refractivity contribution in [2.24, 2.45) is 0 Å². The minimum atomic E-state index is 0.138. The Labute approximate surface area is 141 Å². The van der Waals surface area contributed by atoms with Crippen molar-refractivity contribution in [2.75, 3.05) is 7.11 Å². The zero-order valence-electron chi connectivity index (χ0n) is 12.9. The summed E-state index contributed by atoms with van der Waals surface area (Å²) in [6, 6.07) is 16.9. The van der Waals surface area contributed by atoms with Gasteiger partial charge in [-0.15, -0.1) is 0 Å². The van der Waals surface area contributed by atoms with Gasteiger partial charge in [0, 0.05) is 11.3 Å². The Hall–Kier alpha value is -2.33. The number of fused-ring (bicyclic) bond motifs is 2. The van der Waals surface area contributed by atoms with Crippen LogP contribution in [-0.2, 0) is 6.42 Å². The molecule has 0 spiro atoms. The Morgan fingerprint density at radius 3 is 2.70 bits per heavy atom. The summed E-state index contributed by atoms with van der Waals surface area (Å²) in [6.45, 7) is 0. The van der Waals surface area contributed by atoms with Gasteiger partial charge in [0.1, 0.15) is 5.75 Å². The molecule has 0 saturated carbocycles. The number of thiocarbonyl (C=S) groups is 1. The largest absolute Gasteiger partial charge is 0.497 e. The molecule has 0 fully saturated rings. The highest BCUT2D eigenvalue weighted by molar-refractivity contribution is 7.80. The van der Waals surface area contributed by atoms with Gasteiger partial charge in [-0.2, -0.15) is 0 Å². The van der Waals surface area contributed by atoms with Crippen molar-refractivity contribution in [3.63, 3.8) is 0 Å². The first-order valence-corrected chi connectivity index (χ1v) is 8.20. The van der Waals surface area contributed by atoms with E-state index < -0.39 is 0 Å². The molecule has 4 rings (SSSR count). The van der Waals surface area contributed by atoms with E-state index in [1.807, 2.05) is 12.1 Å². The summed E-state index contributed by atoms with van der Waals surface area (Å²) in [5, 5.41) is 7.47. The van der Waals surface area contributed by atoms with Crippen LogP contribution in [0.1, 0.15) is 29.2 Å². The number of rotatable bonds is 2. The zero-order valence-corrected chi connectivity index (χ0v) is 13.7. The first kappa shape index (κ1) is 14.3. The highest BCUT2D eigenvalue weighted by Crippen LogP contribution is 2.39. The molecule has 1 aliphatic heterocycles. The van der Waals surface area contributed by atoms with Gasteiger partial charge in [-0.05, 0) is 53.9 Å². The Balaban J connectivity index is 1.85. The molecule has 1 aliphatic carbocycles. The van der Waals surface area contributed by atoms with Crippen molar-refractivity contribution in [3.05, 3.63) is 70.8 Å². The maximum Gasteiger partial charge on any atom is 0.171 e. The molecule has 0 amide bonds. The normalized spacial score (nSPS) is 19.3. The standard InChI is InChI=1S/C19H18N2OS/c1-22-14-9-7-12-8-10-15-17(13-5-3-2-4-6-13)20-19(23)21-18(15)16(12)11-14/h2-7,9,11,17H,8,10H2,1H3,(H2,20,21,23)/t17-/m0/s1. The minimum absolute atomic E-state index is 0.138. The highest BCUT2D eigenvalue weighted by Gasteiger charge is 2.30. The summed E-state index contributed by atoms with van der Waals surface area (Å²) in [5.74, 6) is 0.875. The van der Waals surface area contributed by atoms with Gasteiger partial charge in [0.15, 0.2) is 5.11 Å². The van der Waals surface area contributed by atoms with Crippen LogP contribution < -0.4 is 15.4 Å². The lowest BCUT2D eigenvalue weighted by Crippen LogP contribution is -2.44. The lowest BCUT2D eigenvalue weighted by atomic mass is 9.83. The van der Waals surface area contributed by atoms with E-state index in [0.29, 0.717) is 5.11 Å². The quantitative estimate of drug-likeness (QED) is 0.828. The van der Waals surface area contributed by atoms with Gasteiger partial charge in [-0.25, -0.2) is 0 Å². The first-order chi connectivity index (χ1) is 11.3. The van der Waals surface area contributed by atoms with Crippen molar-refractivity contribution in [2.45, 2.75) is 18.9 Å². The third-order valence-corrected chi connectivity index (χ3v) is 4.79. The molecule has 4 heteroatoms. The molecule has 2 aliphatic rings. The van der Waals surface area contributed by atoms with E-state index in [1.165, 1.54) is 22.3 Å². The average molecular weight is 322 g/mol. The Kier molecular flexibility index (Phi) is 3.54. The average Bonchev–Trinajstić information content (AvgIpc) is 2.61. The summed E-state index contributed by atoms with van der Waals surface area (Å²) >= 11 is 5.45. The predicted octanol–water partition coefficient (Wildman–Crippen LogP) is 3.57. The number of hydrogen-bond donors (Lipinski definition) is 2. The second-order valence-electron chi connectivity index (χ2n) is 5.87. The van der Waals surface area contributed by atoms with E-state index in [2.05, 4.69) is 47.0 Å². The van der Waals surface area contributed by atoms with E-state index in [1.54, 1.807) is 7.11 Å². The zero-order chi connectivity index (χ0) is 15.8. The molecule has 0 radical (unpaired) electrons. The molecule has 23 heavy (non-hydrogen) atoms.